The van der Waals surface area contributed by atoms with Crippen molar-refractivity contribution in [2.75, 3.05) is 0 Å². The molecule has 5 nitrogen and oxygen atoms in total. The summed E-state index contributed by atoms with van der Waals surface area (Å²) in [6.45, 7) is 0. The lowest BCUT2D eigenvalue weighted by molar-refractivity contribution is -0.143. The molecule has 0 aromatic heterocycles. The summed E-state index contributed by atoms with van der Waals surface area (Å²) in [4.78, 5) is 0. The lowest BCUT2D eigenvalue weighted by Gasteiger charge is -2.15. The Morgan fingerprint density at radius 1 is 0.659 bits per heavy atom. The van der Waals surface area contributed by atoms with E-state index >= 15 is 0 Å². The predicted octanol–water partition coefficient (Wildman–Crippen LogP) is 5.87. The van der Waals surface area contributed by atoms with Gasteiger partial charge in [-0.2, -0.15) is 47.4 Å². The molecule has 0 atom stereocenters. The molecule has 0 saturated heterocycles. The van der Waals surface area contributed by atoms with Crippen molar-refractivity contribution in [1.29, 1.82) is 21.0 Å². The summed E-state index contributed by atoms with van der Waals surface area (Å²) in [6, 6.07) is 7.22. The first-order valence-electron chi connectivity index (χ1n) is 10.4. The maximum absolute atomic E-state index is 14.8. The van der Waals surface area contributed by atoms with Gasteiger partial charge < -0.3 is 4.74 Å². The number of rotatable bonds is 3. The normalized spacial score (nSPS) is 12.0. The van der Waals surface area contributed by atoms with E-state index in [4.69, 9.17) is 20.5 Å². The van der Waals surface area contributed by atoms with Gasteiger partial charge in [-0.05, 0) is 30.3 Å². The Labute approximate surface area is 221 Å². The van der Waals surface area contributed by atoms with Gasteiger partial charge in [0.05, 0.1) is 22.3 Å². The Morgan fingerprint density at radius 3 is 1.59 bits per heavy atom. The van der Waals surface area contributed by atoms with Gasteiger partial charge in [-0.1, -0.05) is 6.07 Å². The highest BCUT2D eigenvalue weighted by Crippen LogP contribution is 2.39. The molecule has 0 aliphatic heterocycles. The number of halogens is 10. The van der Waals surface area contributed by atoms with Gasteiger partial charge in [0.25, 0.3) is 0 Å². The fourth-order valence-corrected chi connectivity index (χ4v) is 3.44. The van der Waals surface area contributed by atoms with Gasteiger partial charge in [-0.15, -0.1) is 0 Å². The molecule has 0 heterocycles. The quantitative estimate of drug-likeness (QED) is 0.285. The van der Waals surface area contributed by atoms with E-state index in [2.05, 4.69) is 0 Å². The molecule has 0 saturated carbocycles. The molecule has 0 fully saturated rings. The molecule has 0 spiro atoms. The molecule has 0 unspecified atom stereocenters. The van der Waals surface area contributed by atoms with Crippen molar-refractivity contribution in [3.63, 3.8) is 0 Å². The summed E-state index contributed by atoms with van der Waals surface area (Å²) in [5, 5.41) is 35.5. The van der Waals surface area contributed by atoms with Gasteiger partial charge in [0.15, 0.2) is 23.3 Å². The van der Waals surface area contributed by atoms with E-state index < -0.39 is 85.7 Å². The van der Waals surface area contributed by atoms with Crippen molar-refractivity contribution in [1.82, 2.24) is 0 Å². The Balaban J connectivity index is 2.52. The van der Waals surface area contributed by atoms with Crippen molar-refractivity contribution >= 4 is 11.1 Å². The molecule has 3 aromatic rings. The van der Waals surface area contributed by atoms with Crippen LogP contribution in [0.3, 0.4) is 0 Å². The lowest BCUT2D eigenvalue weighted by Crippen LogP contribution is -2.18. The second-order valence-electron chi connectivity index (χ2n) is 7.76. The summed E-state index contributed by atoms with van der Waals surface area (Å²) < 4.78 is 143. The van der Waals surface area contributed by atoms with E-state index in [-0.39, 0.29) is 23.4 Å². The smallest absolute Gasteiger partial charge is 0.416 e. The van der Waals surface area contributed by atoms with Crippen LogP contribution in [0.5, 0.6) is 11.5 Å². The minimum atomic E-state index is -5.32. The predicted molar refractivity (Wildman–Crippen MR) is 116 cm³/mol. The van der Waals surface area contributed by atoms with E-state index in [1.54, 1.807) is 0 Å². The first-order chi connectivity index (χ1) is 19.1. The van der Waals surface area contributed by atoms with Gasteiger partial charge in [-0.25, -0.2) is 17.6 Å². The summed E-state index contributed by atoms with van der Waals surface area (Å²) in [6.07, 6.45) is -10.6. The average Bonchev–Trinajstić information content (AvgIpc) is 2.90. The van der Waals surface area contributed by atoms with Crippen molar-refractivity contribution in [2.24, 2.45) is 0 Å². The summed E-state index contributed by atoms with van der Waals surface area (Å²) in [5.41, 5.74) is -8.99. The van der Waals surface area contributed by atoms with Crippen LogP contribution in [-0.4, -0.2) is 0 Å². The largest absolute Gasteiger partial charge is 0.457 e. The molecule has 0 amide bonds. The Bertz CT molecular complexity index is 1810. The monoisotopic (exact) mass is 580 g/mol. The topological polar surface area (TPSA) is 104 Å². The third-order valence-electron chi connectivity index (χ3n) is 5.29. The minimum absolute atomic E-state index is 0.110. The SMILES string of the molecule is N#CC(C#N)=c1cc/c(=C(/C#N)c2c(F)c(F)c(C#N)c(F)c2F)c(Oc2cc(C(F)(F)F)cc(C(F)(F)F)c2)c1. The molecule has 3 rings (SSSR count). The summed E-state index contributed by atoms with van der Waals surface area (Å²) in [7, 11) is 0. The maximum Gasteiger partial charge on any atom is 0.416 e. The zero-order valence-electron chi connectivity index (χ0n) is 19.4. The number of nitrogens with zero attached hydrogens (tertiary/aromatic N) is 4. The molecular formula is C26H6F10N4O. The van der Waals surface area contributed by atoms with Crippen molar-refractivity contribution in [2.45, 2.75) is 12.4 Å². The van der Waals surface area contributed by atoms with Crippen LogP contribution < -0.4 is 15.2 Å². The highest BCUT2D eigenvalue weighted by atomic mass is 19.4. The fourth-order valence-electron chi connectivity index (χ4n) is 3.44. The zero-order valence-corrected chi connectivity index (χ0v) is 19.4. The minimum Gasteiger partial charge on any atom is -0.457 e. The van der Waals surface area contributed by atoms with Crippen LogP contribution in [0.4, 0.5) is 43.9 Å². The third kappa shape index (κ3) is 5.75. The van der Waals surface area contributed by atoms with Crippen LogP contribution in [0.1, 0.15) is 22.3 Å². The van der Waals surface area contributed by atoms with Crippen LogP contribution in [-0.2, 0) is 12.4 Å². The molecule has 0 radical (unpaired) electrons. The summed E-state index contributed by atoms with van der Waals surface area (Å²) in [5.74, 6) is -11.0. The highest BCUT2D eigenvalue weighted by molar-refractivity contribution is 5.79. The van der Waals surface area contributed by atoms with E-state index in [1.807, 2.05) is 0 Å². The molecule has 41 heavy (non-hydrogen) atoms. The third-order valence-corrected chi connectivity index (χ3v) is 5.29. The molecule has 0 aliphatic rings. The van der Waals surface area contributed by atoms with Gasteiger partial charge in [0, 0.05) is 10.4 Å². The number of hydrogen-bond acceptors (Lipinski definition) is 5. The van der Waals surface area contributed by atoms with Gasteiger partial charge >= 0.3 is 12.4 Å². The zero-order chi connectivity index (χ0) is 30.9. The van der Waals surface area contributed by atoms with Crippen molar-refractivity contribution in [3.05, 3.63) is 92.4 Å². The van der Waals surface area contributed by atoms with Gasteiger partial charge in [0.2, 0.25) is 0 Å². The molecule has 206 valence electrons. The second-order valence-corrected chi connectivity index (χ2v) is 7.76. The first-order valence-corrected chi connectivity index (χ1v) is 10.4. The maximum atomic E-state index is 14.8. The van der Waals surface area contributed by atoms with E-state index in [9.17, 15) is 49.2 Å². The van der Waals surface area contributed by atoms with Crippen LogP contribution in [0.2, 0.25) is 0 Å². The van der Waals surface area contributed by atoms with Crippen LogP contribution in [0.15, 0.2) is 36.4 Å². The molecule has 15 heteroatoms. The van der Waals surface area contributed by atoms with Crippen molar-refractivity contribution in [3.8, 4) is 35.8 Å². The van der Waals surface area contributed by atoms with Gasteiger partial charge in [0.1, 0.15) is 46.9 Å². The Kier molecular flexibility index (Phi) is 7.99. The number of hydrogen-bond donors (Lipinski definition) is 0. The Hall–Kier alpha value is -5.54. The van der Waals surface area contributed by atoms with E-state index in [1.165, 1.54) is 18.2 Å². The number of ether oxygens (including phenoxy) is 1. The highest BCUT2D eigenvalue weighted by Gasteiger charge is 2.37. The average molecular weight is 580 g/mol. The molecule has 3 aromatic carbocycles. The second kappa shape index (κ2) is 10.9. The van der Waals surface area contributed by atoms with Crippen LogP contribution >= 0.6 is 0 Å². The van der Waals surface area contributed by atoms with E-state index in [0.717, 1.165) is 12.1 Å². The molecule has 0 bridgehead atoms. The molecular weight excluding hydrogens is 574 g/mol. The Morgan fingerprint density at radius 2 is 1.17 bits per heavy atom. The fraction of sp³-hybridized carbons (Fsp3) is 0.0769. The van der Waals surface area contributed by atoms with Gasteiger partial charge in [-0.3, -0.25) is 0 Å². The standard InChI is InChI=1S/C26H6F10N4O/c27-21-18(10-40)22(28)24(30)20(23(21)29)17(9-39)16-2-1-11(12(7-37)8-38)3-19(16)41-15-5-13(25(31,32)33)4-14(6-15)26(34,35)36/h1-6H/b17-16+. The molecule has 0 aliphatic carbocycles. The van der Waals surface area contributed by atoms with E-state index in [0.29, 0.717) is 12.1 Å². The summed E-state index contributed by atoms with van der Waals surface area (Å²) >= 11 is 0. The molecule has 0 N–H and O–H groups in total. The van der Waals surface area contributed by atoms with Crippen LogP contribution in [0, 0.1) is 68.6 Å². The number of benzene rings is 3. The number of alkyl halides is 6. The number of nitriles is 4. The lowest BCUT2D eigenvalue weighted by atomic mass is 9.99. The van der Waals surface area contributed by atoms with Crippen LogP contribution in [0.25, 0.3) is 11.1 Å². The van der Waals surface area contributed by atoms with Crippen molar-refractivity contribution < 1.29 is 48.6 Å². The first kappa shape index (κ1) is 30.0.